The zero-order valence-electron chi connectivity index (χ0n) is 14.9. The highest BCUT2D eigenvalue weighted by Crippen LogP contribution is 2.31. The second-order valence-electron chi connectivity index (χ2n) is 6.77. The van der Waals surface area contributed by atoms with Crippen molar-refractivity contribution in [2.45, 2.75) is 44.0 Å². The lowest BCUT2D eigenvalue weighted by atomic mass is 9.98. The molecule has 3 heterocycles. The van der Waals surface area contributed by atoms with E-state index in [0.717, 1.165) is 6.42 Å². The molecule has 11 heteroatoms. The second kappa shape index (κ2) is 8.42. The predicted octanol–water partition coefficient (Wildman–Crippen LogP) is -1.77. The minimum Gasteiger partial charge on any atom is -0.396 e. The molecule has 11 nitrogen and oxygen atoms in total. The van der Waals surface area contributed by atoms with Gasteiger partial charge in [0.1, 0.15) is 30.7 Å². The van der Waals surface area contributed by atoms with Crippen LogP contribution in [0.25, 0.3) is 11.2 Å². The molecule has 3 rings (SSSR count). The molecule has 6 N–H and O–H groups in total. The Labute approximate surface area is 155 Å². The Morgan fingerprint density at radius 2 is 1.93 bits per heavy atom. The van der Waals surface area contributed by atoms with Crippen molar-refractivity contribution in [1.29, 1.82) is 0 Å². The molecule has 0 bridgehead atoms. The molecule has 0 amide bonds. The zero-order chi connectivity index (χ0) is 19.6. The average Bonchev–Trinajstić information content (AvgIpc) is 3.11. The zero-order valence-corrected chi connectivity index (χ0v) is 14.9. The monoisotopic (exact) mass is 383 g/mol. The van der Waals surface area contributed by atoms with E-state index in [1.165, 1.54) is 17.2 Å². The van der Waals surface area contributed by atoms with Crippen molar-refractivity contribution in [3.8, 4) is 0 Å². The summed E-state index contributed by atoms with van der Waals surface area (Å²) in [5, 5.41) is 51.8. The molecule has 1 aliphatic heterocycles. The highest BCUT2D eigenvalue weighted by molar-refractivity contribution is 5.82. The van der Waals surface area contributed by atoms with E-state index in [0.29, 0.717) is 23.5 Å². The number of fused-ring (bicyclic) bond motifs is 1. The SMILES string of the molecule is C[C@H](CO)CCNc1ncnc2c1ncn2[C@H]1O[C@H](CO)[C@@H](O)[C@H](O)[C@H]1O. The molecule has 0 spiro atoms. The van der Waals surface area contributed by atoms with E-state index in [1.54, 1.807) is 0 Å². The fourth-order valence-electron chi connectivity index (χ4n) is 3.01. The van der Waals surface area contributed by atoms with Crippen molar-refractivity contribution in [1.82, 2.24) is 19.5 Å². The first-order chi connectivity index (χ1) is 13.0. The lowest BCUT2D eigenvalue weighted by Gasteiger charge is -2.40. The summed E-state index contributed by atoms with van der Waals surface area (Å²) >= 11 is 0. The molecule has 0 aliphatic carbocycles. The third kappa shape index (κ3) is 3.88. The van der Waals surface area contributed by atoms with Crippen LogP contribution in [0, 0.1) is 5.92 Å². The average molecular weight is 383 g/mol. The van der Waals surface area contributed by atoms with Gasteiger partial charge in [-0.1, -0.05) is 6.92 Å². The fourth-order valence-corrected chi connectivity index (χ4v) is 3.01. The maximum atomic E-state index is 10.3. The molecule has 0 radical (unpaired) electrons. The summed E-state index contributed by atoms with van der Waals surface area (Å²) in [5.41, 5.74) is 0.818. The predicted molar refractivity (Wildman–Crippen MR) is 93.7 cm³/mol. The van der Waals surface area contributed by atoms with Gasteiger partial charge in [-0.25, -0.2) is 15.0 Å². The van der Waals surface area contributed by atoms with Gasteiger partial charge in [0, 0.05) is 13.2 Å². The van der Waals surface area contributed by atoms with E-state index < -0.39 is 37.3 Å². The van der Waals surface area contributed by atoms with Gasteiger partial charge < -0.3 is 35.6 Å². The van der Waals surface area contributed by atoms with Crippen molar-refractivity contribution in [2.75, 3.05) is 25.1 Å². The van der Waals surface area contributed by atoms with E-state index >= 15 is 0 Å². The number of aliphatic hydroxyl groups excluding tert-OH is 5. The van der Waals surface area contributed by atoms with Gasteiger partial charge in [0.2, 0.25) is 0 Å². The van der Waals surface area contributed by atoms with E-state index in [4.69, 9.17) is 9.84 Å². The second-order valence-corrected chi connectivity index (χ2v) is 6.77. The lowest BCUT2D eigenvalue weighted by molar-refractivity contribution is -0.250. The maximum absolute atomic E-state index is 10.3. The van der Waals surface area contributed by atoms with Crippen molar-refractivity contribution in [3.05, 3.63) is 12.7 Å². The quantitative estimate of drug-likeness (QED) is 0.322. The highest BCUT2D eigenvalue weighted by atomic mass is 16.6. The number of aromatic nitrogens is 4. The molecule has 1 fully saturated rings. The van der Waals surface area contributed by atoms with Crippen molar-refractivity contribution in [2.24, 2.45) is 5.92 Å². The third-order valence-electron chi connectivity index (χ3n) is 4.74. The van der Waals surface area contributed by atoms with Gasteiger partial charge in [-0.15, -0.1) is 0 Å². The van der Waals surface area contributed by atoms with Crippen LogP contribution in [-0.2, 0) is 4.74 Å². The summed E-state index contributed by atoms with van der Waals surface area (Å²) in [7, 11) is 0. The van der Waals surface area contributed by atoms with Crippen molar-refractivity contribution >= 4 is 17.0 Å². The van der Waals surface area contributed by atoms with Crippen LogP contribution in [0.4, 0.5) is 5.82 Å². The Morgan fingerprint density at radius 3 is 2.63 bits per heavy atom. The number of nitrogens with zero attached hydrogens (tertiary/aromatic N) is 4. The van der Waals surface area contributed by atoms with Crippen LogP contribution in [0.5, 0.6) is 0 Å². The molecule has 2 aromatic heterocycles. The molecule has 0 aromatic carbocycles. The Hall–Kier alpha value is -1.89. The Bertz CT molecular complexity index is 756. The summed E-state index contributed by atoms with van der Waals surface area (Å²) in [4.78, 5) is 12.6. The number of rotatable bonds is 7. The molecular weight excluding hydrogens is 358 g/mol. The van der Waals surface area contributed by atoms with Gasteiger partial charge in [-0.3, -0.25) is 4.57 Å². The molecule has 1 saturated heterocycles. The molecule has 6 atom stereocenters. The first kappa shape index (κ1) is 19.9. The maximum Gasteiger partial charge on any atom is 0.167 e. The van der Waals surface area contributed by atoms with Crippen LogP contribution in [0.2, 0.25) is 0 Å². The summed E-state index contributed by atoms with van der Waals surface area (Å²) in [6, 6.07) is 0. The van der Waals surface area contributed by atoms with Gasteiger partial charge in [0.25, 0.3) is 0 Å². The standard InChI is InChI=1S/C16H25N5O6/c1-8(4-22)2-3-17-14-10-15(19-6-18-14)21(7-20-10)16-13(26)12(25)11(24)9(5-23)27-16/h6-9,11-13,16,22-26H,2-5H2,1H3,(H,17,18,19)/t8-,9+,11+,12-,13+,16-/m0/s1. The number of ether oxygens (including phenoxy) is 1. The van der Waals surface area contributed by atoms with E-state index in [1.807, 2.05) is 6.92 Å². The summed E-state index contributed by atoms with van der Waals surface area (Å²) in [5.74, 6) is 0.648. The van der Waals surface area contributed by atoms with Gasteiger partial charge in [0.15, 0.2) is 23.2 Å². The molecule has 1 aliphatic rings. The summed E-state index contributed by atoms with van der Waals surface area (Å²) in [6.07, 6.45) is -2.98. The Morgan fingerprint density at radius 1 is 1.15 bits per heavy atom. The summed E-state index contributed by atoms with van der Waals surface area (Å²) in [6.45, 7) is 2.11. The van der Waals surface area contributed by atoms with Gasteiger partial charge in [0.05, 0.1) is 12.9 Å². The molecule has 0 unspecified atom stereocenters. The topological polar surface area (TPSA) is 166 Å². The van der Waals surface area contributed by atoms with Crippen LogP contribution >= 0.6 is 0 Å². The third-order valence-corrected chi connectivity index (χ3v) is 4.74. The first-order valence-corrected chi connectivity index (χ1v) is 8.80. The van der Waals surface area contributed by atoms with Crippen LogP contribution in [0.15, 0.2) is 12.7 Å². The van der Waals surface area contributed by atoms with Crippen LogP contribution < -0.4 is 5.32 Å². The molecular formula is C16H25N5O6. The normalized spacial score (nSPS) is 29.8. The molecule has 0 saturated carbocycles. The lowest BCUT2D eigenvalue weighted by Crippen LogP contribution is -2.56. The van der Waals surface area contributed by atoms with Crippen LogP contribution in [0.1, 0.15) is 19.6 Å². The van der Waals surface area contributed by atoms with E-state index in [2.05, 4.69) is 20.3 Å². The van der Waals surface area contributed by atoms with E-state index in [-0.39, 0.29) is 12.5 Å². The molecule has 2 aromatic rings. The Kier molecular flexibility index (Phi) is 6.19. The van der Waals surface area contributed by atoms with Crippen LogP contribution in [-0.4, -0.2) is 89.2 Å². The highest BCUT2D eigenvalue weighted by Gasteiger charge is 2.44. The number of imidazole rings is 1. The molecule has 27 heavy (non-hydrogen) atoms. The minimum atomic E-state index is -1.49. The first-order valence-electron chi connectivity index (χ1n) is 8.80. The smallest absolute Gasteiger partial charge is 0.167 e. The van der Waals surface area contributed by atoms with Crippen molar-refractivity contribution < 1.29 is 30.3 Å². The minimum absolute atomic E-state index is 0.104. The molecule has 150 valence electrons. The van der Waals surface area contributed by atoms with Gasteiger partial charge >= 0.3 is 0 Å². The van der Waals surface area contributed by atoms with Gasteiger partial charge in [-0.2, -0.15) is 0 Å². The number of aliphatic hydroxyl groups is 5. The van der Waals surface area contributed by atoms with Crippen molar-refractivity contribution in [3.63, 3.8) is 0 Å². The number of nitrogens with one attached hydrogen (secondary N) is 1. The van der Waals surface area contributed by atoms with Gasteiger partial charge in [-0.05, 0) is 12.3 Å². The summed E-state index contributed by atoms with van der Waals surface area (Å²) < 4.78 is 6.99. The van der Waals surface area contributed by atoms with Crippen LogP contribution in [0.3, 0.4) is 0 Å². The Balaban J connectivity index is 1.85. The van der Waals surface area contributed by atoms with E-state index in [9.17, 15) is 20.4 Å². The largest absolute Gasteiger partial charge is 0.396 e. The number of anilines is 1. The fraction of sp³-hybridized carbons (Fsp3) is 0.688. The number of hydrogen-bond donors (Lipinski definition) is 6. The number of hydrogen-bond acceptors (Lipinski definition) is 10.